The number of aryl methyl sites for hydroxylation is 1. The zero-order valence-electron chi connectivity index (χ0n) is 15.0. The molecular formula is C19H21N3O3S. The van der Waals surface area contributed by atoms with Gasteiger partial charge in [-0.1, -0.05) is 35.8 Å². The maximum atomic E-state index is 12.7. The summed E-state index contributed by atoms with van der Waals surface area (Å²) in [5.74, 6) is 1.50. The van der Waals surface area contributed by atoms with Crippen molar-refractivity contribution in [2.45, 2.75) is 32.9 Å². The predicted molar refractivity (Wildman–Crippen MR) is 100.0 cm³/mol. The molecule has 3 rings (SSSR count). The number of hydrogen-bond donors (Lipinski definition) is 0. The molecule has 1 atom stereocenters. The highest BCUT2D eigenvalue weighted by molar-refractivity contribution is 7.13. The summed E-state index contributed by atoms with van der Waals surface area (Å²) in [5, 5.41) is 5.92. The molecule has 2 aromatic heterocycles. The van der Waals surface area contributed by atoms with E-state index in [1.807, 2.05) is 55.6 Å². The second-order valence-corrected chi connectivity index (χ2v) is 6.96. The summed E-state index contributed by atoms with van der Waals surface area (Å²) < 4.78 is 11.1. The third kappa shape index (κ3) is 4.29. The van der Waals surface area contributed by atoms with Gasteiger partial charge in [-0.3, -0.25) is 4.79 Å². The third-order valence-corrected chi connectivity index (χ3v) is 4.77. The lowest BCUT2D eigenvalue weighted by Gasteiger charge is -2.22. The molecule has 7 heteroatoms. The van der Waals surface area contributed by atoms with Crippen LogP contribution in [0.25, 0.3) is 10.7 Å². The smallest absolute Gasteiger partial charge is 0.263 e. The molecule has 1 aromatic carbocycles. The van der Waals surface area contributed by atoms with Gasteiger partial charge in [0.2, 0.25) is 11.7 Å². The summed E-state index contributed by atoms with van der Waals surface area (Å²) in [6.45, 7) is 4.17. The predicted octanol–water partition coefficient (Wildman–Crippen LogP) is 3.92. The van der Waals surface area contributed by atoms with E-state index in [0.29, 0.717) is 23.9 Å². The molecule has 0 saturated carbocycles. The van der Waals surface area contributed by atoms with Gasteiger partial charge in [-0.2, -0.15) is 4.98 Å². The number of carbonyl (C=O) groups excluding carboxylic acids is 1. The van der Waals surface area contributed by atoms with Crippen molar-refractivity contribution >= 4 is 17.2 Å². The Morgan fingerprint density at radius 2 is 2.08 bits per heavy atom. The highest BCUT2D eigenvalue weighted by Crippen LogP contribution is 2.22. The first-order valence-electron chi connectivity index (χ1n) is 8.41. The minimum Gasteiger partial charge on any atom is -0.481 e. The molecule has 0 N–H and O–H groups in total. The fourth-order valence-electron chi connectivity index (χ4n) is 2.44. The number of carbonyl (C=O) groups is 1. The molecule has 0 fully saturated rings. The van der Waals surface area contributed by atoms with Gasteiger partial charge in [0.05, 0.1) is 11.4 Å². The van der Waals surface area contributed by atoms with Crippen LogP contribution in [-0.4, -0.2) is 34.1 Å². The van der Waals surface area contributed by atoms with E-state index in [4.69, 9.17) is 9.26 Å². The van der Waals surface area contributed by atoms with Crippen LogP contribution in [0.3, 0.4) is 0 Å². The van der Waals surface area contributed by atoms with Gasteiger partial charge in [-0.25, -0.2) is 0 Å². The van der Waals surface area contributed by atoms with Gasteiger partial charge in [0, 0.05) is 7.05 Å². The Morgan fingerprint density at radius 3 is 2.73 bits per heavy atom. The van der Waals surface area contributed by atoms with Crippen molar-refractivity contribution in [3.63, 3.8) is 0 Å². The SMILES string of the molecule is CC[C@H](Oc1ccc(C)cc1)C(=O)N(C)Cc1nc(-c2cccs2)no1. The Bertz CT molecular complexity index is 843. The first-order chi connectivity index (χ1) is 12.6. The number of amides is 1. The van der Waals surface area contributed by atoms with E-state index in [1.54, 1.807) is 11.9 Å². The normalized spacial score (nSPS) is 12.0. The number of hydrogen-bond acceptors (Lipinski definition) is 6. The molecule has 3 aromatic rings. The standard InChI is InChI=1S/C19H21N3O3S/c1-4-15(24-14-9-7-13(2)8-10-14)19(23)22(3)12-17-20-18(21-25-17)16-6-5-11-26-16/h5-11,15H,4,12H2,1-3H3/t15-/m0/s1. The van der Waals surface area contributed by atoms with Crippen molar-refractivity contribution in [3.05, 3.63) is 53.2 Å². The van der Waals surface area contributed by atoms with Crippen molar-refractivity contribution in [1.29, 1.82) is 0 Å². The number of ether oxygens (including phenoxy) is 1. The zero-order chi connectivity index (χ0) is 18.5. The Kier molecular flexibility index (Phi) is 5.68. The van der Waals surface area contributed by atoms with E-state index in [1.165, 1.54) is 11.3 Å². The fraction of sp³-hybridized carbons (Fsp3) is 0.316. The number of likely N-dealkylation sites (N-methyl/N-ethyl adjacent to an activating group) is 1. The van der Waals surface area contributed by atoms with Crippen LogP contribution < -0.4 is 4.74 Å². The summed E-state index contributed by atoms with van der Waals surface area (Å²) in [5.41, 5.74) is 1.15. The maximum Gasteiger partial charge on any atom is 0.263 e. The third-order valence-electron chi connectivity index (χ3n) is 3.90. The molecule has 0 aliphatic rings. The Hall–Kier alpha value is -2.67. The summed E-state index contributed by atoms with van der Waals surface area (Å²) in [4.78, 5) is 19.5. The molecule has 136 valence electrons. The molecule has 26 heavy (non-hydrogen) atoms. The van der Waals surface area contributed by atoms with Crippen LogP contribution >= 0.6 is 11.3 Å². The van der Waals surface area contributed by atoms with Crippen LogP contribution in [0, 0.1) is 6.92 Å². The van der Waals surface area contributed by atoms with Crippen molar-refractivity contribution in [2.75, 3.05) is 7.05 Å². The monoisotopic (exact) mass is 371 g/mol. The van der Waals surface area contributed by atoms with E-state index < -0.39 is 6.10 Å². The van der Waals surface area contributed by atoms with Gasteiger partial charge in [0.1, 0.15) is 5.75 Å². The van der Waals surface area contributed by atoms with Crippen LogP contribution in [-0.2, 0) is 11.3 Å². The van der Waals surface area contributed by atoms with Gasteiger partial charge in [0.25, 0.3) is 5.91 Å². The number of benzene rings is 1. The van der Waals surface area contributed by atoms with Crippen LogP contribution in [0.5, 0.6) is 5.75 Å². The highest BCUT2D eigenvalue weighted by Gasteiger charge is 2.24. The van der Waals surface area contributed by atoms with Crippen LogP contribution in [0.2, 0.25) is 0 Å². The first-order valence-corrected chi connectivity index (χ1v) is 9.29. The van der Waals surface area contributed by atoms with E-state index in [-0.39, 0.29) is 12.5 Å². The molecule has 0 aliphatic heterocycles. The molecule has 2 heterocycles. The van der Waals surface area contributed by atoms with Crippen LogP contribution in [0.4, 0.5) is 0 Å². The lowest BCUT2D eigenvalue weighted by Crippen LogP contribution is -2.39. The minimum absolute atomic E-state index is 0.121. The van der Waals surface area contributed by atoms with Gasteiger partial charge in [0.15, 0.2) is 6.10 Å². The first kappa shape index (κ1) is 18.1. The van der Waals surface area contributed by atoms with E-state index >= 15 is 0 Å². The van der Waals surface area contributed by atoms with E-state index in [2.05, 4.69) is 10.1 Å². The number of nitrogens with zero attached hydrogens (tertiary/aromatic N) is 3. The van der Waals surface area contributed by atoms with Gasteiger partial charge >= 0.3 is 0 Å². The molecule has 0 radical (unpaired) electrons. The molecule has 1 amide bonds. The summed E-state index contributed by atoms with van der Waals surface area (Å²) in [6, 6.07) is 11.5. The van der Waals surface area contributed by atoms with Crippen molar-refractivity contribution in [3.8, 4) is 16.5 Å². The summed E-state index contributed by atoms with van der Waals surface area (Å²) in [7, 11) is 1.71. The summed E-state index contributed by atoms with van der Waals surface area (Å²) >= 11 is 1.54. The van der Waals surface area contributed by atoms with E-state index in [0.717, 1.165) is 10.4 Å². The number of rotatable bonds is 7. The molecule has 0 saturated heterocycles. The Balaban J connectivity index is 1.63. The summed E-state index contributed by atoms with van der Waals surface area (Å²) in [6.07, 6.45) is 0.0174. The van der Waals surface area contributed by atoms with Crippen molar-refractivity contribution in [2.24, 2.45) is 0 Å². The van der Waals surface area contributed by atoms with Crippen LogP contribution in [0.15, 0.2) is 46.3 Å². The molecule has 0 spiro atoms. The fourth-order valence-corrected chi connectivity index (χ4v) is 3.09. The van der Waals surface area contributed by atoms with E-state index in [9.17, 15) is 4.79 Å². The molecule has 0 bridgehead atoms. The van der Waals surface area contributed by atoms with Gasteiger partial charge in [-0.15, -0.1) is 11.3 Å². The van der Waals surface area contributed by atoms with Crippen molar-refractivity contribution in [1.82, 2.24) is 15.0 Å². The van der Waals surface area contributed by atoms with Gasteiger partial charge in [-0.05, 0) is 36.9 Å². The average molecular weight is 371 g/mol. The molecular weight excluding hydrogens is 350 g/mol. The topological polar surface area (TPSA) is 68.5 Å². The molecule has 6 nitrogen and oxygen atoms in total. The Labute approximate surface area is 156 Å². The Morgan fingerprint density at radius 1 is 1.31 bits per heavy atom. The van der Waals surface area contributed by atoms with Crippen molar-refractivity contribution < 1.29 is 14.1 Å². The second kappa shape index (κ2) is 8.14. The number of aromatic nitrogens is 2. The van der Waals surface area contributed by atoms with Gasteiger partial charge < -0.3 is 14.2 Å². The highest BCUT2D eigenvalue weighted by atomic mass is 32.1. The molecule has 0 aliphatic carbocycles. The maximum absolute atomic E-state index is 12.7. The quantitative estimate of drug-likeness (QED) is 0.630. The molecule has 0 unspecified atom stereocenters. The number of thiophene rings is 1. The minimum atomic E-state index is -0.553. The second-order valence-electron chi connectivity index (χ2n) is 6.01. The average Bonchev–Trinajstić information content (AvgIpc) is 3.32. The zero-order valence-corrected chi connectivity index (χ0v) is 15.8. The largest absolute Gasteiger partial charge is 0.481 e. The lowest BCUT2D eigenvalue weighted by molar-refractivity contribution is -0.138. The lowest BCUT2D eigenvalue weighted by atomic mass is 10.2. The van der Waals surface area contributed by atoms with Crippen LogP contribution in [0.1, 0.15) is 24.8 Å².